The maximum atomic E-state index is 3.67. The Hall–Kier alpha value is -0.430. The number of hydrogen-bond donors (Lipinski definition) is 0. The molecule has 0 saturated heterocycles. The second-order valence-electron chi connectivity index (χ2n) is 4.14. The monoisotopic (exact) mass is 238 g/mol. The molecule has 0 radical (unpaired) electrons. The van der Waals surface area contributed by atoms with Gasteiger partial charge in [-0.2, -0.15) is 0 Å². The Kier molecular flexibility index (Phi) is 9.51. The van der Waals surface area contributed by atoms with Gasteiger partial charge in [0.25, 0.3) is 0 Å². The van der Waals surface area contributed by atoms with Crippen molar-refractivity contribution < 1.29 is 0 Å². The van der Waals surface area contributed by atoms with Gasteiger partial charge >= 0.3 is 0 Å². The molecule has 1 heteroatoms. The molecule has 16 heavy (non-hydrogen) atoms. The lowest BCUT2D eigenvalue weighted by Gasteiger charge is -2.07. The van der Waals surface area contributed by atoms with E-state index in [1.165, 1.54) is 30.6 Å². The summed E-state index contributed by atoms with van der Waals surface area (Å²) in [4.78, 5) is 1.49. The van der Waals surface area contributed by atoms with E-state index in [1.54, 1.807) is 6.08 Å². The van der Waals surface area contributed by atoms with Crippen LogP contribution in [0.2, 0.25) is 0 Å². The van der Waals surface area contributed by atoms with Gasteiger partial charge in [0, 0.05) is 5.25 Å². The first-order valence-corrected chi connectivity index (χ1v) is 7.11. The van der Waals surface area contributed by atoms with Crippen LogP contribution in [0.25, 0.3) is 0 Å². The van der Waals surface area contributed by atoms with Crippen molar-refractivity contribution in [1.29, 1.82) is 0 Å². The number of hydrogen-bond acceptors (Lipinski definition) is 1. The molecule has 0 unspecified atom stereocenters. The van der Waals surface area contributed by atoms with E-state index in [-0.39, 0.29) is 0 Å². The molecule has 0 aromatic heterocycles. The second-order valence-corrected chi connectivity index (χ2v) is 5.69. The lowest BCUT2D eigenvalue weighted by atomic mass is 10.2. The predicted octanol–water partition coefficient (Wildman–Crippen LogP) is 5.72. The Bertz CT molecular complexity index is 232. The van der Waals surface area contributed by atoms with E-state index in [9.17, 15) is 0 Å². The zero-order chi connectivity index (χ0) is 12.4. The van der Waals surface area contributed by atoms with Gasteiger partial charge in [0.1, 0.15) is 0 Å². The van der Waals surface area contributed by atoms with Gasteiger partial charge in [-0.15, -0.1) is 11.8 Å². The van der Waals surface area contributed by atoms with Gasteiger partial charge in [-0.3, -0.25) is 0 Å². The molecule has 1 rings (SSSR count). The van der Waals surface area contributed by atoms with Crippen LogP contribution in [0.3, 0.4) is 0 Å². The molecular weight excluding hydrogens is 212 g/mol. The fourth-order valence-electron chi connectivity index (χ4n) is 1.48. The van der Waals surface area contributed by atoms with Crippen LogP contribution >= 0.6 is 11.8 Å². The van der Waals surface area contributed by atoms with Crippen molar-refractivity contribution >= 4 is 11.8 Å². The summed E-state index contributed by atoms with van der Waals surface area (Å²) in [7, 11) is 0. The lowest BCUT2D eigenvalue weighted by molar-refractivity contribution is 0.886. The molecule has 0 atom stereocenters. The molecule has 1 aliphatic rings. The summed E-state index contributed by atoms with van der Waals surface area (Å²) in [5.74, 6) is 0. The highest BCUT2D eigenvalue weighted by Gasteiger charge is 2.14. The van der Waals surface area contributed by atoms with E-state index in [2.05, 4.69) is 51.8 Å². The van der Waals surface area contributed by atoms with Crippen molar-refractivity contribution in [2.45, 2.75) is 58.1 Å². The van der Waals surface area contributed by atoms with Crippen molar-refractivity contribution in [3.63, 3.8) is 0 Å². The average Bonchev–Trinajstić information content (AvgIpc) is 2.81. The largest absolute Gasteiger partial charge is 0.128 e. The second kappa shape index (κ2) is 9.77. The van der Waals surface area contributed by atoms with Crippen molar-refractivity contribution in [3.8, 4) is 0 Å². The minimum Gasteiger partial charge on any atom is -0.128 e. The summed E-state index contributed by atoms with van der Waals surface area (Å²) in [5.41, 5.74) is 1.11. The molecule has 0 heterocycles. The van der Waals surface area contributed by atoms with Gasteiger partial charge in [0.15, 0.2) is 0 Å². The normalized spacial score (nSPS) is 16.6. The summed E-state index contributed by atoms with van der Waals surface area (Å²) in [6.07, 6.45) is 10.8. The van der Waals surface area contributed by atoms with Crippen LogP contribution in [0.15, 0.2) is 35.8 Å². The zero-order valence-electron chi connectivity index (χ0n) is 11.1. The highest BCUT2D eigenvalue weighted by atomic mass is 32.2. The van der Waals surface area contributed by atoms with E-state index < -0.39 is 0 Å². The molecule has 0 aromatic rings. The SMILES string of the molecule is C/C=C(\C)SC1CCCC1.C=CC(=C)CC. The Morgan fingerprint density at radius 1 is 1.38 bits per heavy atom. The highest BCUT2D eigenvalue weighted by molar-refractivity contribution is 8.03. The predicted molar refractivity (Wildman–Crippen MR) is 78.9 cm³/mol. The van der Waals surface area contributed by atoms with E-state index in [1.807, 2.05) is 0 Å². The number of thioether (sulfide) groups is 1. The van der Waals surface area contributed by atoms with Crippen LogP contribution in [-0.2, 0) is 0 Å². The quantitative estimate of drug-likeness (QED) is 0.564. The smallest absolute Gasteiger partial charge is 0.00909 e. The van der Waals surface area contributed by atoms with Gasteiger partial charge in [-0.25, -0.2) is 0 Å². The Morgan fingerprint density at radius 3 is 2.25 bits per heavy atom. The summed E-state index contributed by atoms with van der Waals surface area (Å²) >= 11 is 2.07. The summed E-state index contributed by atoms with van der Waals surface area (Å²) in [6.45, 7) is 13.6. The van der Waals surface area contributed by atoms with Crippen molar-refractivity contribution in [2.24, 2.45) is 0 Å². The topological polar surface area (TPSA) is 0 Å². The van der Waals surface area contributed by atoms with Gasteiger partial charge in [-0.05, 0) is 38.0 Å². The summed E-state index contributed by atoms with van der Waals surface area (Å²) in [5, 5.41) is 0.941. The third-order valence-electron chi connectivity index (χ3n) is 2.80. The average molecular weight is 238 g/mol. The molecule has 0 aliphatic heterocycles. The first kappa shape index (κ1) is 15.6. The molecule has 1 fully saturated rings. The van der Waals surface area contributed by atoms with Crippen LogP contribution < -0.4 is 0 Å². The van der Waals surface area contributed by atoms with Crippen molar-refractivity contribution in [3.05, 3.63) is 35.8 Å². The minimum absolute atomic E-state index is 0.941. The van der Waals surface area contributed by atoms with Gasteiger partial charge < -0.3 is 0 Å². The van der Waals surface area contributed by atoms with Crippen LogP contribution in [0.1, 0.15) is 52.9 Å². The van der Waals surface area contributed by atoms with Crippen molar-refractivity contribution in [2.75, 3.05) is 0 Å². The lowest BCUT2D eigenvalue weighted by Crippen LogP contribution is -1.92. The molecular formula is C15H26S. The fourth-order valence-corrected chi connectivity index (χ4v) is 2.71. The Morgan fingerprint density at radius 2 is 1.94 bits per heavy atom. The fraction of sp³-hybridized carbons (Fsp3) is 0.600. The standard InChI is InChI=1S/C9H16S.C6H10/c1-3-8(2)10-9-6-4-5-7-9;1-4-6(3)5-2/h3,9H,4-7H2,1-2H3;4H,1,3,5H2,2H3/b8-3+;. The molecule has 0 spiro atoms. The molecule has 0 N–H and O–H groups in total. The molecule has 0 amide bonds. The molecule has 0 aromatic carbocycles. The summed E-state index contributed by atoms with van der Waals surface area (Å²) < 4.78 is 0. The summed E-state index contributed by atoms with van der Waals surface area (Å²) in [6, 6.07) is 0. The number of allylic oxidation sites excluding steroid dienone is 4. The van der Waals surface area contributed by atoms with Crippen molar-refractivity contribution in [1.82, 2.24) is 0 Å². The number of rotatable bonds is 4. The molecule has 0 bridgehead atoms. The van der Waals surface area contributed by atoms with Crippen LogP contribution in [0.4, 0.5) is 0 Å². The first-order chi connectivity index (χ1) is 7.63. The van der Waals surface area contributed by atoms with E-state index in [0.29, 0.717) is 0 Å². The van der Waals surface area contributed by atoms with Crippen LogP contribution in [0, 0.1) is 0 Å². The molecule has 92 valence electrons. The molecule has 0 nitrogen and oxygen atoms in total. The zero-order valence-corrected chi connectivity index (χ0v) is 11.9. The van der Waals surface area contributed by atoms with Crippen LogP contribution in [0.5, 0.6) is 0 Å². The molecule has 1 saturated carbocycles. The van der Waals surface area contributed by atoms with E-state index >= 15 is 0 Å². The maximum absolute atomic E-state index is 3.67. The Labute approximate surface area is 106 Å². The van der Waals surface area contributed by atoms with Gasteiger partial charge in [0.2, 0.25) is 0 Å². The molecule has 1 aliphatic carbocycles. The van der Waals surface area contributed by atoms with E-state index in [4.69, 9.17) is 0 Å². The van der Waals surface area contributed by atoms with Crippen LogP contribution in [-0.4, -0.2) is 5.25 Å². The Balaban J connectivity index is 0.000000325. The van der Waals surface area contributed by atoms with Gasteiger partial charge in [-0.1, -0.05) is 50.6 Å². The maximum Gasteiger partial charge on any atom is 0.00909 e. The third kappa shape index (κ3) is 7.81. The van der Waals surface area contributed by atoms with Gasteiger partial charge in [0.05, 0.1) is 0 Å². The third-order valence-corrected chi connectivity index (χ3v) is 4.22. The van der Waals surface area contributed by atoms with E-state index in [0.717, 1.165) is 17.2 Å². The first-order valence-electron chi connectivity index (χ1n) is 6.23. The highest BCUT2D eigenvalue weighted by Crippen LogP contribution is 2.33. The minimum atomic E-state index is 0.941.